The first-order valence-electron chi connectivity index (χ1n) is 6.51. The lowest BCUT2D eigenvalue weighted by atomic mass is 10.1. The maximum Gasteiger partial charge on any atom is 0.255 e. The lowest BCUT2D eigenvalue weighted by molar-refractivity contribution is 0.102. The Morgan fingerprint density at radius 2 is 1.83 bits per heavy atom. The van der Waals surface area contributed by atoms with Crippen molar-refractivity contribution >= 4 is 23.2 Å². The maximum absolute atomic E-state index is 13.6. The first-order chi connectivity index (χ1) is 11.0. The molecule has 0 aromatic heterocycles. The van der Waals surface area contributed by atoms with Crippen molar-refractivity contribution in [1.29, 1.82) is 0 Å². The fourth-order valence-corrected chi connectivity index (χ4v) is 2.32. The minimum absolute atomic E-state index is 0.0587. The first-order valence-corrected chi connectivity index (χ1v) is 6.89. The average molecular weight is 344 g/mol. The van der Waals surface area contributed by atoms with E-state index in [4.69, 9.17) is 21.1 Å². The molecule has 2 aromatic carbocycles. The molecule has 1 aliphatic heterocycles. The molecule has 1 N–H and O–H groups in total. The van der Waals surface area contributed by atoms with E-state index in [0.29, 0.717) is 25.0 Å². The molecule has 0 atom stereocenters. The normalized spacial score (nSPS) is 12.9. The van der Waals surface area contributed by atoms with Gasteiger partial charge in [-0.2, -0.15) is 0 Å². The van der Waals surface area contributed by atoms with E-state index in [1.807, 2.05) is 0 Å². The van der Waals surface area contributed by atoms with Gasteiger partial charge in [0.05, 0.1) is 10.7 Å². The molecule has 0 spiro atoms. The van der Waals surface area contributed by atoms with Crippen LogP contribution in [0, 0.1) is 17.5 Å². The summed E-state index contributed by atoms with van der Waals surface area (Å²) in [6.45, 7) is 0.629. The van der Waals surface area contributed by atoms with E-state index < -0.39 is 29.0 Å². The second kappa shape index (κ2) is 6.00. The van der Waals surface area contributed by atoms with Crippen molar-refractivity contribution in [1.82, 2.24) is 0 Å². The second-order valence-electron chi connectivity index (χ2n) is 4.66. The quantitative estimate of drug-likeness (QED) is 0.844. The molecule has 2 aromatic rings. The Hall–Kier alpha value is -2.41. The van der Waals surface area contributed by atoms with Gasteiger partial charge in [-0.1, -0.05) is 11.6 Å². The molecule has 23 heavy (non-hydrogen) atoms. The highest BCUT2D eigenvalue weighted by molar-refractivity contribution is 6.32. The molecule has 3 rings (SSSR count). The topological polar surface area (TPSA) is 47.6 Å². The molecule has 0 saturated carbocycles. The Kier molecular flexibility index (Phi) is 4.04. The summed E-state index contributed by atoms with van der Waals surface area (Å²) in [6.07, 6.45) is 0. The Labute approximate surface area is 133 Å². The summed E-state index contributed by atoms with van der Waals surface area (Å²) >= 11 is 6.00. The lowest BCUT2D eigenvalue weighted by Gasteiger charge is -2.20. The molecule has 0 fully saturated rings. The van der Waals surface area contributed by atoms with Crippen LogP contribution in [0.25, 0.3) is 0 Å². The molecule has 1 amide bonds. The van der Waals surface area contributed by atoms with Crippen LogP contribution in [0.5, 0.6) is 11.5 Å². The standard InChI is InChI=1S/C15H9ClF3NO3/c16-8-5-7(6-11-14(8)23-4-3-22-11)15(21)20-10-2-1-9(17)12(18)13(10)19/h1-2,5-6H,3-4H2,(H,20,21). The Morgan fingerprint density at radius 1 is 1.09 bits per heavy atom. The van der Waals surface area contributed by atoms with E-state index in [1.54, 1.807) is 0 Å². The highest BCUT2D eigenvalue weighted by Crippen LogP contribution is 2.38. The minimum atomic E-state index is -1.66. The van der Waals surface area contributed by atoms with Crippen LogP contribution in [0.4, 0.5) is 18.9 Å². The number of fused-ring (bicyclic) bond motifs is 1. The molecular weight excluding hydrogens is 335 g/mol. The van der Waals surface area contributed by atoms with Gasteiger partial charge in [-0.25, -0.2) is 13.2 Å². The number of carbonyl (C=O) groups is 1. The zero-order valence-electron chi connectivity index (χ0n) is 11.5. The molecule has 120 valence electrons. The number of benzene rings is 2. The average Bonchev–Trinajstić information content (AvgIpc) is 2.55. The molecule has 0 bridgehead atoms. The van der Waals surface area contributed by atoms with Crippen LogP contribution in [0.1, 0.15) is 10.4 Å². The van der Waals surface area contributed by atoms with Crippen LogP contribution in [0.2, 0.25) is 5.02 Å². The van der Waals surface area contributed by atoms with E-state index in [9.17, 15) is 18.0 Å². The largest absolute Gasteiger partial charge is 0.486 e. The SMILES string of the molecule is O=C(Nc1ccc(F)c(F)c1F)c1cc(Cl)c2c(c1)OCCO2. The molecule has 0 unspecified atom stereocenters. The molecular formula is C15H9ClF3NO3. The van der Waals surface area contributed by atoms with Crippen molar-refractivity contribution in [2.45, 2.75) is 0 Å². The van der Waals surface area contributed by atoms with Crippen molar-refractivity contribution in [2.75, 3.05) is 18.5 Å². The van der Waals surface area contributed by atoms with Gasteiger partial charge in [-0.05, 0) is 24.3 Å². The van der Waals surface area contributed by atoms with Gasteiger partial charge in [-0.15, -0.1) is 0 Å². The van der Waals surface area contributed by atoms with Gasteiger partial charge in [-0.3, -0.25) is 4.79 Å². The van der Waals surface area contributed by atoms with Crippen LogP contribution in [0.3, 0.4) is 0 Å². The van der Waals surface area contributed by atoms with Gasteiger partial charge in [0.2, 0.25) is 0 Å². The third-order valence-electron chi connectivity index (χ3n) is 3.14. The summed E-state index contributed by atoms with van der Waals surface area (Å²) in [7, 11) is 0. The summed E-state index contributed by atoms with van der Waals surface area (Å²) in [5, 5.41) is 2.30. The highest BCUT2D eigenvalue weighted by atomic mass is 35.5. The van der Waals surface area contributed by atoms with E-state index in [-0.39, 0.29) is 16.3 Å². The molecule has 4 nitrogen and oxygen atoms in total. The Morgan fingerprint density at radius 3 is 2.61 bits per heavy atom. The summed E-state index contributed by atoms with van der Waals surface area (Å²) in [4.78, 5) is 12.2. The summed E-state index contributed by atoms with van der Waals surface area (Å²) < 4.78 is 50.3. The van der Waals surface area contributed by atoms with Crippen LogP contribution >= 0.6 is 11.6 Å². The van der Waals surface area contributed by atoms with Crippen molar-refractivity contribution in [2.24, 2.45) is 0 Å². The fraction of sp³-hybridized carbons (Fsp3) is 0.133. The number of anilines is 1. The van der Waals surface area contributed by atoms with Gasteiger partial charge < -0.3 is 14.8 Å². The molecule has 1 aliphatic rings. The van der Waals surface area contributed by atoms with Crippen LogP contribution in [-0.2, 0) is 0 Å². The molecule has 0 saturated heterocycles. The predicted molar refractivity (Wildman–Crippen MR) is 76.7 cm³/mol. The fourth-order valence-electron chi connectivity index (χ4n) is 2.06. The van der Waals surface area contributed by atoms with Crippen LogP contribution < -0.4 is 14.8 Å². The number of ether oxygens (including phenoxy) is 2. The lowest BCUT2D eigenvalue weighted by Crippen LogP contribution is -2.18. The zero-order valence-corrected chi connectivity index (χ0v) is 12.2. The number of hydrogen-bond acceptors (Lipinski definition) is 3. The number of carbonyl (C=O) groups excluding carboxylic acids is 1. The highest BCUT2D eigenvalue weighted by Gasteiger charge is 2.21. The van der Waals surface area contributed by atoms with E-state index in [1.165, 1.54) is 12.1 Å². The number of hydrogen-bond donors (Lipinski definition) is 1. The van der Waals surface area contributed by atoms with Gasteiger partial charge in [0.25, 0.3) is 5.91 Å². The first kappa shape index (κ1) is 15.5. The number of amides is 1. The van der Waals surface area contributed by atoms with E-state index in [2.05, 4.69) is 5.32 Å². The maximum atomic E-state index is 13.6. The van der Waals surface area contributed by atoms with Gasteiger partial charge >= 0.3 is 0 Å². The molecule has 0 radical (unpaired) electrons. The second-order valence-corrected chi connectivity index (χ2v) is 5.07. The van der Waals surface area contributed by atoms with E-state index in [0.717, 1.165) is 6.07 Å². The van der Waals surface area contributed by atoms with Crippen molar-refractivity contribution in [3.05, 3.63) is 52.3 Å². The van der Waals surface area contributed by atoms with Crippen LogP contribution in [0.15, 0.2) is 24.3 Å². The zero-order chi connectivity index (χ0) is 16.6. The Balaban J connectivity index is 1.90. The smallest absolute Gasteiger partial charge is 0.255 e. The minimum Gasteiger partial charge on any atom is -0.486 e. The van der Waals surface area contributed by atoms with Gasteiger partial charge in [0.1, 0.15) is 13.2 Å². The van der Waals surface area contributed by atoms with Crippen molar-refractivity contribution < 1.29 is 27.4 Å². The van der Waals surface area contributed by atoms with Gasteiger partial charge in [0, 0.05) is 5.56 Å². The molecule has 1 heterocycles. The number of nitrogens with one attached hydrogen (secondary N) is 1. The summed E-state index contributed by atoms with van der Waals surface area (Å²) in [5.74, 6) is -4.66. The van der Waals surface area contributed by atoms with Crippen molar-refractivity contribution in [3.63, 3.8) is 0 Å². The molecule has 8 heteroatoms. The Bertz CT molecular complexity index is 798. The van der Waals surface area contributed by atoms with Crippen molar-refractivity contribution in [3.8, 4) is 11.5 Å². The predicted octanol–water partition coefficient (Wildman–Crippen LogP) is 3.78. The number of rotatable bonds is 2. The molecule has 0 aliphatic carbocycles. The van der Waals surface area contributed by atoms with Gasteiger partial charge in [0.15, 0.2) is 29.0 Å². The third-order valence-corrected chi connectivity index (χ3v) is 3.42. The summed E-state index contributed by atoms with van der Waals surface area (Å²) in [6, 6.07) is 4.31. The van der Waals surface area contributed by atoms with E-state index >= 15 is 0 Å². The third kappa shape index (κ3) is 2.92. The monoisotopic (exact) mass is 343 g/mol. The summed E-state index contributed by atoms with van der Waals surface area (Å²) in [5.41, 5.74) is -0.428. The van der Waals surface area contributed by atoms with Crippen LogP contribution in [-0.4, -0.2) is 19.1 Å². The number of halogens is 4.